The SMILES string of the molecule is CCNC(=NCc1ccc2c(c1)OCO2)NCC(c1ccco1)N(C)C. The summed E-state index contributed by atoms with van der Waals surface area (Å²) in [6, 6.07) is 9.92. The molecule has 2 heterocycles. The Morgan fingerprint density at radius 2 is 2.04 bits per heavy atom. The maximum absolute atomic E-state index is 5.55. The second kappa shape index (κ2) is 8.62. The highest BCUT2D eigenvalue weighted by molar-refractivity contribution is 5.79. The molecule has 0 bridgehead atoms. The van der Waals surface area contributed by atoms with Crippen LogP contribution in [0, 0.1) is 0 Å². The fraction of sp³-hybridized carbons (Fsp3) is 0.421. The van der Waals surface area contributed by atoms with E-state index in [4.69, 9.17) is 13.9 Å². The molecule has 1 unspecified atom stereocenters. The number of hydrogen-bond acceptors (Lipinski definition) is 5. The lowest BCUT2D eigenvalue weighted by atomic mass is 10.2. The largest absolute Gasteiger partial charge is 0.468 e. The number of aliphatic imine (C=N–C) groups is 1. The monoisotopic (exact) mass is 358 g/mol. The van der Waals surface area contributed by atoms with Gasteiger partial charge in [-0.2, -0.15) is 0 Å². The smallest absolute Gasteiger partial charge is 0.231 e. The minimum atomic E-state index is 0.124. The van der Waals surface area contributed by atoms with Crippen molar-refractivity contribution >= 4 is 5.96 Å². The fourth-order valence-corrected chi connectivity index (χ4v) is 2.76. The van der Waals surface area contributed by atoms with E-state index < -0.39 is 0 Å². The summed E-state index contributed by atoms with van der Waals surface area (Å²) in [4.78, 5) is 6.79. The van der Waals surface area contributed by atoms with Crippen molar-refractivity contribution in [2.24, 2.45) is 4.99 Å². The van der Waals surface area contributed by atoms with Crippen molar-refractivity contribution in [1.29, 1.82) is 0 Å². The average molecular weight is 358 g/mol. The first-order valence-corrected chi connectivity index (χ1v) is 8.78. The van der Waals surface area contributed by atoms with Crippen LogP contribution in [-0.4, -0.2) is 44.8 Å². The lowest BCUT2D eigenvalue weighted by molar-refractivity contribution is 0.174. The van der Waals surface area contributed by atoms with Crippen LogP contribution in [0.15, 0.2) is 46.0 Å². The van der Waals surface area contributed by atoms with Gasteiger partial charge in [0.15, 0.2) is 17.5 Å². The van der Waals surface area contributed by atoms with Crippen LogP contribution in [0.4, 0.5) is 0 Å². The van der Waals surface area contributed by atoms with Gasteiger partial charge in [-0.3, -0.25) is 4.90 Å². The maximum atomic E-state index is 5.55. The minimum absolute atomic E-state index is 0.124. The van der Waals surface area contributed by atoms with E-state index in [1.54, 1.807) is 6.26 Å². The Labute approximate surface area is 154 Å². The zero-order valence-corrected chi connectivity index (χ0v) is 15.5. The van der Waals surface area contributed by atoms with E-state index in [0.29, 0.717) is 13.1 Å². The second-order valence-corrected chi connectivity index (χ2v) is 6.26. The summed E-state index contributed by atoms with van der Waals surface area (Å²) in [5.41, 5.74) is 1.07. The fourth-order valence-electron chi connectivity index (χ4n) is 2.76. The molecule has 7 heteroatoms. The Balaban J connectivity index is 1.63. The summed E-state index contributed by atoms with van der Waals surface area (Å²) >= 11 is 0. The van der Waals surface area contributed by atoms with E-state index >= 15 is 0 Å². The number of hydrogen-bond donors (Lipinski definition) is 2. The van der Waals surface area contributed by atoms with Crippen molar-refractivity contribution in [2.75, 3.05) is 34.0 Å². The molecule has 0 spiro atoms. The molecule has 1 aliphatic heterocycles. The highest BCUT2D eigenvalue weighted by Gasteiger charge is 2.17. The van der Waals surface area contributed by atoms with E-state index in [1.807, 2.05) is 51.4 Å². The van der Waals surface area contributed by atoms with Crippen molar-refractivity contribution in [3.63, 3.8) is 0 Å². The summed E-state index contributed by atoms with van der Waals surface area (Å²) in [6.07, 6.45) is 1.70. The third kappa shape index (κ3) is 4.49. The highest BCUT2D eigenvalue weighted by atomic mass is 16.7. The molecule has 0 radical (unpaired) electrons. The second-order valence-electron chi connectivity index (χ2n) is 6.26. The number of likely N-dealkylation sites (N-methyl/N-ethyl adjacent to an activating group) is 1. The Morgan fingerprint density at radius 3 is 2.77 bits per heavy atom. The van der Waals surface area contributed by atoms with Crippen LogP contribution in [0.25, 0.3) is 0 Å². The molecule has 2 aromatic rings. The molecule has 0 amide bonds. The zero-order chi connectivity index (χ0) is 18.4. The summed E-state index contributed by atoms with van der Waals surface area (Å²) in [7, 11) is 4.07. The summed E-state index contributed by atoms with van der Waals surface area (Å²) in [5, 5.41) is 6.67. The lowest BCUT2D eigenvalue weighted by Crippen LogP contribution is -2.41. The van der Waals surface area contributed by atoms with Gasteiger partial charge in [0.1, 0.15) is 5.76 Å². The molecule has 0 fully saturated rings. The van der Waals surface area contributed by atoms with E-state index in [2.05, 4.69) is 20.5 Å². The number of nitrogens with one attached hydrogen (secondary N) is 2. The van der Waals surface area contributed by atoms with E-state index in [1.165, 1.54) is 0 Å². The van der Waals surface area contributed by atoms with E-state index in [-0.39, 0.29) is 12.8 Å². The topological polar surface area (TPSA) is 71.3 Å². The van der Waals surface area contributed by atoms with Crippen LogP contribution in [0.3, 0.4) is 0 Å². The third-order valence-corrected chi connectivity index (χ3v) is 4.16. The molecule has 0 saturated heterocycles. The maximum Gasteiger partial charge on any atom is 0.231 e. The molecule has 1 aliphatic rings. The van der Waals surface area contributed by atoms with Crippen LogP contribution in [0.1, 0.15) is 24.3 Å². The van der Waals surface area contributed by atoms with E-state index in [0.717, 1.165) is 35.3 Å². The number of fused-ring (bicyclic) bond motifs is 1. The van der Waals surface area contributed by atoms with Crippen molar-refractivity contribution < 1.29 is 13.9 Å². The predicted molar refractivity (Wildman–Crippen MR) is 101 cm³/mol. The molecule has 2 N–H and O–H groups in total. The predicted octanol–water partition coefficient (Wildman–Crippen LogP) is 2.37. The van der Waals surface area contributed by atoms with Crippen molar-refractivity contribution in [3.05, 3.63) is 47.9 Å². The van der Waals surface area contributed by atoms with Crippen LogP contribution >= 0.6 is 0 Å². The average Bonchev–Trinajstić information content (AvgIpc) is 3.30. The first-order chi connectivity index (χ1) is 12.7. The number of benzene rings is 1. The lowest BCUT2D eigenvalue weighted by Gasteiger charge is -2.23. The molecular weight excluding hydrogens is 332 g/mol. The summed E-state index contributed by atoms with van der Waals surface area (Å²) < 4.78 is 16.3. The van der Waals surface area contributed by atoms with Crippen LogP contribution in [0.2, 0.25) is 0 Å². The van der Waals surface area contributed by atoms with Gasteiger partial charge in [-0.25, -0.2) is 4.99 Å². The van der Waals surface area contributed by atoms with Crippen LogP contribution in [0.5, 0.6) is 11.5 Å². The van der Waals surface area contributed by atoms with Crippen molar-refractivity contribution in [1.82, 2.24) is 15.5 Å². The molecule has 1 aromatic carbocycles. The molecule has 1 aromatic heterocycles. The van der Waals surface area contributed by atoms with Crippen molar-refractivity contribution in [2.45, 2.75) is 19.5 Å². The Hall–Kier alpha value is -2.67. The van der Waals surface area contributed by atoms with Crippen molar-refractivity contribution in [3.8, 4) is 11.5 Å². The van der Waals surface area contributed by atoms with Gasteiger partial charge in [0.05, 0.1) is 18.8 Å². The third-order valence-electron chi connectivity index (χ3n) is 4.16. The standard InChI is InChI=1S/C19H26N4O3/c1-4-20-19(22-12-15(23(2)3)16-6-5-9-24-16)21-11-14-7-8-17-18(10-14)26-13-25-17/h5-10,15H,4,11-13H2,1-3H3,(H2,20,21,22). The molecule has 0 saturated carbocycles. The zero-order valence-electron chi connectivity index (χ0n) is 15.5. The first-order valence-electron chi connectivity index (χ1n) is 8.78. The van der Waals surface area contributed by atoms with Gasteiger partial charge < -0.3 is 24.5 Å². The quantitative estimate of drug-likeness (QED) is 0.585. The molecule has 7 nitrogen and oxygen atoms in total. The normalized spacial score (nSPS) is 14.5. The molecule has 26 heavy (non-hydrogen) atoms. The van der Waals surface area contributed by atoms with Crippen LogP contribution in [-0.2, 0) is 6.54 Å². The van der Waals surface area contributed by atoms with Gasteiger partial charge in [-0.1, -0.05) is 6.07 Å². The molecule has 0 aliphatic carbocycles. The first kappa shape index (κ1) is 18.1. The molecule has 1 atom stereocenters. The molecular formula is C19H26N4O3. The number of rotatable bonds is 7. The van der Waals surface area contributed by atoms with Gasteiger partial charge in [0.2, 0.25) is 6.79 Å². The highest BCUT2D eigenvalue weighted by Crippen LogP contribution is 2.32. The number of ether oxygens (including phenoxy) is 2. The number of furan rings is 1. The minimum Gasteiger partial charge on any atom is -0.468 e. The number of nitrogens with zero attached hydrogens (tertiary/aromatic N) is 2. The Morgan fingerprint density at radius 1 is 1.19 bits per heavy atom. The molecule has 3 rings (SSSR count). The summed E-state index contributed by atoms with van der Waals surface area (Å²) in [5.74, 6) is 3.26. The van der Waals surface area contributed by atoms with Gasteiger partial charge >= 0.3 is 0 Å². The van der Waals surface area contributed by atoms with E-state index in [9.17, 15) is 0 Å². The van der Waals surface area contributed by atoms with Gasteiger partial charge in [-0.05, 0) is 50.8 Å². The molecule has 140 valence electrons. The van der Waals surface area contributed by atoms with Gasteiger partial charge in [-0.15, -0.1) is 0 Å². The van der Waals surface area contributed by atoms with Gasteiger partial charge in [0, 0.05) is 13.1 Å². The van der Waals surface area contributed by atoms with Crippen LogP contribution < -0.4 is 20.1 Å². The Kier molecular flexibility index (Phi) is 6.01. The Bertz CT molecular complexity index is 728. The summed E-state index contributed by atoms with van der Waals surface area (Å²) in [6.45, 7) is 4.37. The van der Waals surface area contributed by atoms with Gasteiger partial charge in [0.25, 0.3) is 0 Å². The number of guanidine groups is 1.